The lowest BCUT2D eigenvalue weighted by molar-refractivity contribution is -0.0172. The van der Waals surface area contributed by atoms with E-state index in [0.29, 0.717) is 28.9 Å². The molecule has 1 amide bonds. The van der Waals surface area contributed by atoms with Crippen molar-refractivity contribution in [3.8, 4) is 5.75 Å². The highest BCUT2D eigenvalue weighted by atomic mass is 32.2. The number of hydrogen-bond donors (Lipinski definition) is 2. The van der Waals surface area contributed by atoms with Gasteiger partial charge in [0.1, 0.15) is 11.6 Å². The number of carbonyl (C=O) groups excluding carboxylic acids is 1. The quantitative estimate of drug-likeness (QED) is 0.726. The van der Waals surface area contributed by atoms with Gasteiger partial charge in [0.05, 0.1) is 11.5 Å². The van der Waals surface area contributed by atoms with Gasteiger partial charge in [-0.3, -0.25) is 4.79 Å². The minimum Gasteiger partial charge on any atom is -0.467 e. The van der Waals surface area contributed by atoms with E-state index in [0.717, 1.165) is 0 Å². The number of nitrogens with one attached hydrogen (secondary N) is 2. The summed E-state index contributed by atoms with van der Waals surface area (Å²) >= 11 is 0. The third-order valence-corrected chi connectivity index (χ3v) is 6.07. The molecule has 0 saturated carbocycles. The van der Waals surface area contributed by atoms with Gasteiger partial charge in [-0.15, -0.1) is 0 Å². The lowest BCUT2D eigenvalue weighted by Crippen LogP contribution is -2.40. The van der Waals surface area contributed by atoms with Gasteiger partial charge in [-0.2, -0.15) is 0 Å². The fraction of sp³-hybridized carbons (Fsp3) is 0.381. The first-order valence-corrected chi connectivity index (χ1v) is 11.0. The van der Waals surface area contributed by atoms with Gasteiger partial charge in [0.15, 0.2) is 6.79 Å². The third kappa shape index (κ3) is 5.56. The molecule has 0 atom stereocenters. The van der Waals surface area contributed by atoms with E-state index in [1.807, 2.05) is 0 Å². The number of fused-ring (bicyclic) bond motifs is 1. The second kappa shape index (κ2) is 8.71. The average molecular weight is 437 g/mol. The standard InChI is InChI=1S/C21H25FN2O5S/c1-21(2,3)24-30(26,27)18-6-4-14(5-7-18)20(25)23-9-8-15-10-17(22)11-16-12-28-13-29-19(15)16/h4-7,10-11,24H,8-9,12-13H2,1-3H3,(H,23,25). The molecule has 2 N–H and O–H groups in total. The van der Waals surface area contributed by atoms with Crippen molar-refractivity contribution in [1.29, 1.82) is 0 Å². The zero-order valence-corrected chi connectivity index (χ0v) is 17.9. The summed E-state index contributed by atoms with van der Waals surface area (Å²) in [6.07, 6.45) is 0.383. The molecule has 30 heavy (non-hydrogen) atoms. The van der Waals surface area contributed by atoms with Crippen molar-refractivity contribution >= 4 is 15.9 Å². The van der Waals surface area contributed by atoms with Crippen LogP contribution in [-0.4, -0.2) is 33.2 Å². The molecular weight excluding hydrogens is 411 g/mol. The van der Waals surface area contributed by atoms with Crippen molar-refractivity contribution in [2.75, 3.05) is 13.3 Å². The first kappa shape index (κ1) is 22.2. The van der Waals surface area contributed by atoms with Crippen LogP contribution in [0.1, 0.15) is 42.3 Å². The SMILES string of the molecule is CC(C)(C)NS(=O)(=O)c1ccc(C(=O)NCCc2cc(F)cc3c2OCOC3)cc1. The fourth-order valence-electron chi connectivity index (χ4n) is 3.10. The number of amides is 1. The molecule has 0 aliphatic carbocycles. The summed E-state index contributed by atoms with van der Waals surface area (Å²) in [4.78, 5) is 12.5. The van der Waals surface area contributed by atoms with Crippen LogP contribution in [0.3, 0.4) is 0 Å². The first-order valence-electron chi connectivity index (χ1n) is 9.49. The normalized spacial score (nSPS) is 14.0. The summed E-state index contributed by atoms with van der Waals surface area (Å²) in [7, 11) is -3.67. The Morgan fingerprint density at radius 3 is 2.53 bits per heavy atom. The van der Waals surface area contributed by atoms with Gasteiger partial charge in [-0.25, -0.2) is 17.5 Å². The monoisotopic (exact) mass is 436 g/mol. The molecule has 9 heteroatoms. The van der Waals surface area contributed by atoms with Gasteiger partial charge < -0.3 is 14.8 Å². The predicted octanol–water partition coefficient (Wildman–Crippen LogP) is 2.74. The Labute approximate surface area is 175 Å². The zero-order valence-electron chi connectivity index (χ0n) is 17.1. The molecule has 3 rings (SSSR count). The molecule has 1 aliphatic heterocycles. The van der Waals surface area contributed by atoms with E-state index in [4.69, 9.17) is 9.47 Å². The lowest BCUT2D eigenvalue weighted by Gasteiger charge is -2.21. The Morgan fingerprint density at radius 2 is 1.87 bits per heavy atom. The van der Waals surface area contributed by atoms with Gasteiger partial charge >= 0.3 is 0 Å². The number of halogens is 1. The van der Waals surface area contributed by atoms with Crippen LogP contribution in [0.25, 0.3) is 0 Å². The van der Waals surface area contributed by atoms with Crippen molar-refractivity contribution in [1.82, 2.24) is 10.0 Å². The molecule has 2 aromatic rings. The molecule has 0 spiro atoms. The molecule has 2 aromatic carbocycles. The minimum atomic E-state index is -3.67. The number of carbonyl (C=O) groups is 1. The van der Waals surface area contributed by atoms with Crippen LogP contribution < -0.4 is 14.8 Å². The van der Waals surface area contributed by atoms with Crippen molar-refractivity contribution in [3.05, 3.63) is 58.9 Å². The van der Waals surface area contributed by atoms with Gasteiger partial charge in [0, 0.05) is 23.2 Å². The van der Waals surface area contributed by atoms with Crippen LogP contribution in [0, 0.1) is 5.82 Å². The Morgan fingerprint density at radius 1 is 1.17 bits per heavy atom. The van der Waals surface area contributed by atoms with Crippen LogP contribution in [0.4, 0.5) is 4.39 Å². The predicted molar refractivity (Wildman–Crippen MR) is 109 cm³/mol. The van der Waals surface area contributed by atoms with E-state index < -0.39 is 15.6 Å². The van der Waals surface area contributed by atoms with Crippen molar-refractivity contribution in [2.24, 2.45) is 0 Å². The summed E-state index contributed by atoms with van der Waals surface area (Å²) < 4.78 is 51.7. The Hall–Kier alpha value is -2.49. The summed E-state index contributed by atoms with van der Waals surface area (Å²) in [6.45, 7) is 5.91. The first-order chi connectivity index (χ1) is 14.0. The molecule has 1 aliphatic rings. The van der Waals surface area contributed by atoms with Gasteiger partial charge in [-0.1, -0.05) is 0 Å². The van der Waals surface area contributed by atoms with E-state index in [1.165, 1.54) is 36.4 Å². The van der Waals surface area contributed by atoms with Gasteiger partial charge in [0.2, 0.25) is 10.0 Å². The maximum absolute atomic E-state index is 13.8. The Kier molecular flexibility index (Phi) is 6.44. The molecule has 0 saturated heterocycles. The van der Waals surface area contributed by atoms with Crippen molar-refractivity contribution < 1.29 is 27.1 Å². The smallest absolute Gasteiger partial charge is 0.251 e. The average Bonchev–Trinajstić information content (AvgIpc) is 2.66. The molecule has 0 fully saturated rings. The maximum Gasteiger partial charge on any atom is 0.251 e. The molecule has 0 radical (unpaired) electrons. The van der Waals surface area contributed by atoms with E-state index in [1.54, 1.807) is 20.8 Å². The number of rotatable bonds is 6. The van der Waals surface area contributed by atoms with Crippen LogP contribution in [0.2, 0.25) is 0 Å². The molecule has 1 heterocycles. The molecule has 0 unspecified atom stereocenters. The highest BCUT2D eigenvalue weighted by molar-refractivity contribution is 7.89. The van der Waals surface area contributed by atoms with Gasteiger partial charge in [0.25, 0.3) is 5.91 Å². The highest BCUT2D eigenvalue weighted by Gasteiger charge is 2.22. The summed E-state index contributed by atoms with van der Waals surface area (Å²) in [5, 5.41) is 2.76. The van der Waals surface area contributed by atoms with Crippen LogP contribution >= 0.6 is 0 Å². The lowest BCUT2D eigenvalue weighted by atomic mass is 10.1. The maximum atomic E-state index is 13.8. The van der Waals surface area contributed by atoms with Crippen LogP contribution in [-0.2, 0) is 27.8 Å². The number of benzene rings is 2. The summed E-state index contributed by atoms with van der Waals surface area (Å²) in [6, 6.07) is 8.45. The topological polar surface area (TPSA) is 93.7 Å². The largest absolute Gasteiger partial charge is 0.467 e. The molecule has 0 bridgehead atoms. The number of sulfonamides is 1. The van der Waals surface area contributed by atoms with Crippen molar-refractivity contribution in [3.63, 3.8) is 0 Å². The zero-order chi connectivity index (χ0) is 21.9. The van der Waals surface area contributed by atoms with Crippen LogP contribution in [0.15, 0.2) is 41.3 Å². The van der Waals surface area contributed by atoms with E-state index in [9.17, 15) is 17.6 Å². The third-order valence-electron chi connectivity index (χ3n) is 4.30. The summed E-state index contributed by atoms with van der Waals surface area (Å²) in [5.41, 5.74) is 1.02. The number of hydrogen-bond acceptors (Lipinski definition) is 5. The van der Waals surface area contributed by atoms with Gasteiger partial charge in [-0.05, 0) is 69.2 Å². The molecule has 0 aromatic heterocycles. The Balaban J connectivity index is 1.62. The molecule has 7 nitrogen and oxygen atoms in total. The van der Waals surface area contributed by atoms with E-state index in [2.05, 4.69) is 10.0 Å². The summed E-state index contributed by atoms with van der Waals surface area (Å²) in [5.74, 6) is -0.139. The highest BCUT2D eigenvalue weighted by Crippen LogP contribution is 2.29. The number of ether oxygens (including phenoxy) is 2. The minimum absolute atomic E-state index is 0.0831. The second-order valence-electron chi connectivity index (χ2n) is 8.05. The Bertz CT molecular complexity index is 1030. The van der Waals surface area contributed by atoms with Crippen LogP contribution in [0.5, 0.6) is 5.75 Å². The van der Waals surface area contributed by atoms with E-state index >= 15 is 0 Å². The fourth-order valence-corrected chi connectivity index (χ4v) is 4.52. The molecule has 162 valence electrons. The van der Waals surface area contributed by atoms with E-state index in [-0.39, 0.29) is 36.6 Å². The second-order valence-corrected chi connectivity index (χ2v) is 9.73. The molecular formula is C21H25FN2O5S. The van der Waals surface area contributed by atoms with Crippen molar-refractivity contribution in [2.45, 2.75) is 44.2 Å².